The molecular weight excluding hydrogens is 279 g/mol. The smallest absolute Gasteiger partial charge is 0.258 e. The molecule has 0 aliphatic heterocycles. The zero-order valence-corrected chi connectivity index (χ0v) is 12.2. The van der Waals surface area contributed by atoms with E-state index >= 15 is 0 Å². The lowest BCUT2D eigenvalue weighted by molar-refractivity contribution is 0.429. The first-order valence-electron chi connectivity index (χ1n) is 7.11. The largest absolute Gasteiger partial charge is 0.334 e. The Hall–Kier alpha value is -2.75. The Labute approximate surface area is 128 Å². The highest BCUT2D eigenvalue weighted by atomic mass is 19.1. The van der Waals surface area contributed by atoms with Gasteiger partial charge in [-0.05, 0) is 47.9 Å². The van der Waals surface area contributed by atoms with Gasteiger partial charge in [-0.2, -0.15) is 4.98 Å². The zero-order valence-electron chi connectivity index (χ0n) is 12.2. The molecule has 22 heavy (non-hydrogen) atoms. The molecule has 110 valence electrons. The van der Waals surface area contributed by atoms with Gasteiger partial charge in [-0.3, -0.25) is 0 Å². The monoisotopic (exact) mass is 294 g/mol. The molecule has 0 aliphatic carbocycles. The van der Waals surface area contributed by atoms with E-state index in [1.807, 2.05) is 30.3 Å². The van der Waals surface area contributed by atoms with Gasteiger partial charge in [0.1, 0.15) is 5.82 Å². The molecule has 0 N–H and O–H groups in total. The molecule has 1 aromatic heterocycles. The Bertz CT molecular complexity index is 774. The molecule has 0 amide bonds. The Kier molecular flexibility index (Phi) is 4.10. The van der Waals surface area contributed by atoms with Crippen LogP contribution >= 0.6 is 0 Å². The number of aryl methyl sites for hydroxylation is 1. The molecule has 0 spiro atoms. The summed E-state index contributed by atoms with van der Waals surface area (Å²) in [4.78, 5) is 4.33. The van der Waals surface area contributed by atoms with Crippen LogP contribution in [0.25, 0.3) is 23.6 Å². The Morgan fingerprint density at radius 2 is 1.73 bits per heavy atom. The van der Waals surface area contributed by atoms with E-state index in [9.17, 15) is 4.39 Å². The van der Waals surface area contributed by atoms with Gasteiger partial charge in [-0.25, -0.2) is 4.39 Å². The molecule has 0 fully saturated rings. The molecule has 3 aromatic rings. The molecule has 0 saturated carbocycles. The second-order valence-electron chi connectivity index (χ2n) is 4.89. The summed E-state index contributed by atoms with van der Waals surface area (Å²) in [5.41, 5.74) is 3.03. The van der Waals surface area contributed by atoms with Crippen molar-refractivity contribution in [2.75, 3.05) is 0 Å². The molecule has 3 rings (SSSR count). The van der Waals surface area contributed by atoms with Crippen molar-refractivity contribution >= 4 is 12.2 Å². The standard InChI is InChI=1S/C18H15FN2O/c1-2-13-3-8-15(9-4-13)18-20-17(21-22-18)12-7-14-5-10-16(19)11-6-14/h3-12H,2H2,1H3/b12-7+. The van der Waals surface area contributed by atoms with Crippen LogP contribution in [0.15, 0.2) is 53.1 Å². The van der Waals surface area contributed by atoms with E-state index in [2.05, 4.69) is 17.1 Å². The van der Waals surface area contributed by atoms with Gasteiger partial charge >= 0.3 is 0 Å². The predicted molar refractivity (Wildman–Crippen MR) is 84.4 cm³/mol. The third-order valence-electron chi connectivity index (χ3n) is 3.35. The van der Waals surface area contributed by atoms with E-state index in [-0.39, 0.29) is 5.82 Å². The fourth-order valence-corrected chi connectivity index (χ4v) is 2.05. The maximum absolute atomic E-state index is 12.8. The highest BCUT2D eigenvalue weighted by Crippen LogP contribution is 2.18. The van der Waals surface area contributed by atoms with Gasteiger partial charge in [0.05, 0.1) is 0 Å². The highest BCUT2D eigenvalue weighted by Gasteiger charge is 2.06. The van der Waals surface area contributed by atoms with Crippen LogP contribution in [0.4, 0.5) is 4.39 Å². The van der Waals surface area contributed by atoms with E-state index in [1.165, 1.54) is 17.7 Å². The molecule has 0 aliphatic rings. The van der Waals surface area contributed by atoms with Crippen molar-refractivity contribution in [1.29, 1.82) is 0 Å². The quantitative estimate of drug-likeness (QED) is 0.705. The van der Waals surface area contributed by atoms with Crippen LogP contribution in [0.1, 0.15) is 23.9 Å². The second kappa shape index (κ2) is 6.35. The van der Waals surface area contributed by atoms with Crippen molar-refractivity contribution in [3.05, 3.63) is 71.3 Å². The van der Waals surface area contributed by atoms with Crippen LogP contribution in [-0.2, 0) is 6.42 Å². The van der Waals surface area contributed by atoms with Crippen molar-refractivity contribution in [2.45, 2.75) is 13.3 Å². The fourth-order valence-electron chi connectivity index (χ4n) is 2.05. The number of halogens is 1. The summed E-state index contributed by atoms with van der Waals surface area (Å²) in [6.07, 6.45) is 4.55. The second-order valence-corrected chi connectivity index (χ2v) is 4.89. The van der Waals surface area contributed by atoms with Gasteiger partial charge < -0.3 is 4.52 Å². The Balaban J connectivity index is 1.76. The lowest BCUT2D eigenvalue weighted by Crippen LogP contribution is -1.82. The molecular formula is C18H15FN2O. The van der Waals surface area contributed by atoms with Crippen LogP contribution in [-0.4, -0.2) is 10.1 Å². The summed E-state index contributed by atoms with van der Waals surface area (Å²) in [7, 11) is 0. The zero-order chi connectivity index (χ0) is 15.4. The van der Waals surface area contributed by atoms with Gasteiger partial charge in [-0.1, -0.05) is 42.4 Å². The van der Waals surface area contributed by atoms with Gasteiger partial charge in [0.15, 0.2) is 5.82 Å². The van der Waals surface area contributed by atoms with E-state index in [0.717, 1.165) is 17.5 Å². The fraction of sp³-hybridized carbons (Fsp3) is 0.111. The van der Waals surface area contributed by atoms with Crippen LogP contribution in [0.5, 0.6) is 0 Å². The van der Waals surface area contributed by atoms with Crippen molar-refractivity contribution < 1.29 is 8.91 Å². The minimum Gasteiger partial charge on any atom is -0.334 e. The summed E-state index contributed by atoms with van der Waals surface area (Å²) >= 11 is 0. The number of nitrogens with zero attached hydrogens (tertiary/aromatic N) is 2. The van der Waals surface area contributed by atoms with Crippen LogP contribution in [0.3, 0.4) is 0 Å². The molecule has 0 bridgehead atoms. The van der Waals surface area contributed by atoms with Crippen molar-refractivity contribution in [3.63, 3.8) is 0 Å². The first kappa shape index (κ1) is 14.2. The average Bonchev–Trinajstić information content (AvgIpc) is 3.03. The summed E-state index contributed by atoms with van der Waals surface area (Å²) in [5, 5.41) is 3.92. The van der Waals surface area contributed by atoms with Gasteiger partial charge in [0.25, 0.3) is 5.89 Å². The van der Waals surface area contributed by atoms with E-state index in [1.54, 1.807) is 18.2 Å². The maximum atomic E-state index is 12.8. The van der Waals surface area contributed by atoms with E-state index in [0.29, 0.717) is 11.7 Å². The topological polar surface area (TPSA) is 38.9 Å². The third-order valence-corrected chi connectivity index (χ3v) is 3.35. The lowest BCUT2D eigenvalue weighted by atomic mass is 10.1. The molecule has 0 atom stereocenters. The van der Waals surface area contributed by atoms with E-state index in [4.69, 9.17) is 4.52 Å². The number of hydrogen-bond donors (Lipinski definition) is 0. The van der Waals surface area contributed by atoms with Crippen LogP contribution in [0, 0.1) is 5.82 Å². The number of benzene rings is 2. The molecule has 1 heterocycles. The normalized spacial score (nSPS) is 11.2. The number of hydrogen-bond acceptors (Lipinski definition) is 3. The molecule has 3 nitrogen and oxygen atoms in total. The SMILES string of the molecule is CCc1ccc(-c2nc(/C=C/c3ccc(F)cc3)no2)cc1. The highest BCUT2D eigenvalue weighted by molar-refractivity contribution is 5.67. The minimum atomic E-state index is -0.255. The minimum absolute atomic E-state index is 0.255. The van der Waals surface area contributed by atoms with Crippen molar-refractivity contribution in [3.8, 4) is 11.5 Å². The first-order chi connectivity index (χ1) is 10.7. The molecule has 0 unspecified atom stereocenters. The molecule has 0 saturated heterocycles. The number of rotatable bonds is 4. The molecule has 4 heteroatoms. The summed E-state index contributed by atoms with van der Waals surface area (Å²) in [6, 6.07) is 14.3. The van der Waals surface area contributed by atoms with Gasteiger partial charge in [-0.15, -0.1) is 0 Å². The third kappa shape index (κ3) is 3.28. The Morgan fingerprint density at radius 3 is 2.41 bits per heavy atom. The Morgan fingerprint density at radius 1 is 1.00 bits per heavy atom. The maximum Gasteiger partial charge on any atom is 0.258 e. The molecule has 2 aromatic carbocycles. The lowest BCUT2D eigenvalue weighted by Gasteiger charge is -1.96. The van der Waals surface area contributed by atoms with Gasteiger partial charge in [0, 0.05) is 5.56 Å². The van der Waals surface area contributed by atoms with Gasteiger partial charge in [0.2, 0.25) is 0 Å². The van der Waals surface area contributed by atoms with Crippen molar-refractivity contribution in [2.24, 2.45) is 0 Å². The van der Waals surface area contributed by atoms with Crippen LogP contribution < -0.4 is 0 Å². The first-order valence-corrected chi connectivity index (χ1v) is 7.11. The average molecular weight is 294 g/mol. The summed E-state index contributed by atoms with van der Waals surface area (Å²) in [5.74, 6) is 0.717. The predicted octanol–water partition coefficient (Wildman–Crippen LogP) is 4.61. The van der Waals surface area contributed by atoms with Crippen LogP contribution in [0.2, 0.25) is 0 Å². The summed E-state index contributed by atoms with van der Waals surface area (Å²) in [6.45, 7) is 2.11. The molecule has 0 radical (unpaired) electrons. The van der Waals surface area contributed by atoms with E-state index < -0.39 is 0 Å². The summed E-state index contributed by atoms with van der Waals surface area (Å²) < 4.78 is 18.1. The van der Waals surface area contributed by atoms with Crippen molar-refractivity contribution in [1.82, 2.24) is 10.1 Å². The number of aromatic nitrogens is 2.